The van der Waals surface area contributed by atoms with Crippen molar-refractivity contribution in [3.63, 3.8) is 0 Å². The lowest BCUT2D eigenvalue weighted by Gasteiger charge is -2.28. The van der Waals surface area contributed by atoms with Gasteiger partial charge in [-0.1, -0.05) is 41.4 Å². The minimum atomic E-state index is -0.373. The summed E-state index contributed by atoms with van der Waals surface area (Å²) in [5.74, 6) is -0.959. The third-order valence-electron chi connectivity index (χ3n) is 4.85. The first-order chi connectivity index (χ1) is 15.9. The molecule has 0 aliphatic heterocycles. The molecule has 0 unspecified atom stereocenters. The fourth-order valence-electron chi connectivity index (χ4n) is 3.21. The fraction of sp³-hybridized carbons (Fsp3) is 0.250. The quantitative estimate of drug-likeness (QED) is 0.362. The molecule has 0 aliphatic rings. The SMILES string of the molecule is COCCN(CC(=O)N(Cc1ccc(F)cc1)Cc1cccs1)C(=O)c1cc(Cl)cc(Cl)c1. The second-order valence-corrected chi connectivity index (χ2v) is 9.24. The van der Waals surface area contributed by atoms with Crippen LogP contribution in [0.4, 0.5) is 4.39 Å². The molecule has 33 heavy (non-hydrogen) atoms. The van der Waals surface area contributed by atoms with Crippen molar-refractivity contribution in [1.29, 1.82) is 0 Å². The van der Waals surface area contributed by atoms with Crippen LogP contribution in [0.3, 0.4) is 0 Å². The van der Waals surface area contributed by atoms with Crippen LogP contribution in [0.25, 0.3) is 0 Å². The first-order valence-electron chi connectivity index (χ1n) is 10.1. The molecule has 0 fully saturated rings. The monoisotopic (exact) mass is 508 g/mol. The molecule has 174 valence electrons. The number of amides is 2. The molecule has 9 heteroatoms. The number of thiophene rings is 1. The number of benzene rings is 2. The van der Waals surface area contributed by atoms with Gasteiger partial charge in [0.2, 0.25) is 5.91 Å². The Labute approximate surface area is 206 Å². The Bertz CT molecular complexity index is 1060. The van der Waals surface area contributed by atoms with Gasteiger partial charge in [0.05, 0.1) is 13.2 Å². The van der Waals surface area contributed by atoms with Gasteiger partial charge in [-0.25, -0.2) is 4.39 Å². The zero-order valence-corrected chi connectivity index (χ0v) is 20.3. The van der Waals surface area contributed by atoms with Crippen LogP contribution in [-0.2, 0) is 22.6 Å². The van der Waals surface area contributed by atoms with Crippen molar-refractivity contribution in [2.45, 2.75) is 13.1 Å². The third kappa shape index (κ3) is 7.54. The van der Waals surface area contributed by atoms with Crippen LogP contribution in [0.5, 0.6) is 0 Å². The molecule has 0 saturated heterocycles. The highest BCUT2D eigenvalue weighted by Crippen LogP contribution is 2.21. The maximum Gasteiger partial charge on any atom is 0.254 e. The lowest BCUT2D eigenvalue weighted by molar-refractivity contribution is -0.133. The van der Waals surface area contributed by atoms with E-state index in [1.54, 1.807) is 17.0 Å². The van der Waals surface area contributed by atoms with Crippen molar-refractivity contribution in [3.05, 3.63) is 91.8 Å². The second kappa shape index (κ2) is 12.1. The Morgan fingerprint density at radius 1 is 1.00 bits per heavy atom. The van der Waals surface area contributed by atoms with Crippen LogP contribution >= 0.6 is 34.5 Å². The number of halogens is 3. The normalized spacial score (nSPS) is 10.8. The lowest BCUT2D eigenvalue weighted by atomic mass is 10.2. The first kappa shape index (κ1) is 25.2. The highest BCUT2D eigenvalue weighted by atomic mass is 35.5. The zero-order chi connectivity index (χ0) is 23.8. The molecule has 2 amide bonds. The topological polar surface area (TPSA) is 49.9 Å². The van der Waals surface area contributed by atoms with Gasteiger partial charge >= 0.3 is 0 Å². The standard InChI is InChI=1S/C24H23Cl2FN2O3S/c1-32-9-8-28(24(31)18-11-19(25)13-20(26)12-18)16-23(30)29(15-22-3-2-10-33-22)14-17-4-6-21(27)7-5-17/h2-7,10-13H,8-9,14-16H2,1H3. The number of ether oxygens (including phenoxy) is 1. The van der Waals surface area contributed by atoms with E-state index >= 15 is 0 Å². The fourth-order valence-corrected chi connectivity index (χ4v) is 4.46. The van der Waals surface area contributed by atoms with Gasteiger partial charge < -0.3 is 14.5 Å². The summed E-state index contributed by atoms with van der Waals surface area (Å²) in [6.45, 7) is 0.985. The van der Waals surface area contributed by atoms with Crippen LogP contribution in [-0.4, -0.2) is 48.4 Å². The summed E-state index contributed by atoms with van der Waals surface area (Å²) >= 11 is 13.7. The average molecular weight is 509 g/mol. The number of carbonyl (C=O) groups excluding carboxylic acids is 2. The highest BCUT2D eigenvalue weighted by Gasteiger charge is 2.23. The van der Waals surface area contributed by atoms with Crippen molar-refractivity contribution >= 4 is 46.4 Å². The van der Waals surface area contributed by atoms with Gasteiger partial charge in [-0.3, -0.25) is 9.59 Å². The van der Waals surface area contributed by atoms with E-state index in [0.29, 0.717) is 22.2 Å². The minimum Gasteiger partial charge on any atom is -0.383 e. The molecular formula is C24H23Cl2FN2O3S. The summed E-state index contributed by atoms with van der Waals surface area (Å²) in [5, 5.41) is 2.60. The molecule has 0 radical (unpaired) electrons. The molecule has 2 aromatic carbocycles. The van der Waals surface area contributed by atoms with E-state index < -0.39 is 0 Å². The predicted molar refractivity (Wildman–Crippen MR) is 129 cm³/mol. The van der Waals surface area contributed by atoms with Crippen LogP contribution in [0.1, 0.15) is 20.8 Å². The van der Waals surface area contributed by atoms with Gasteiger partial charge in [0.25, 0.3) is 5.91 Å². The van der Waals surface area contributed by atoms with Crippen LogP contribution < -0.4 is 0 Å². The molecule has 0 N–H and O–H groups in total. The molecule has 0 saturated carbocycles. The molecule has 0 spiro atoms. The van der Waals surface area contributed by atoms with Gasteiger partial charge in [0, 0.05) is 40.7 Å². The molecule has 0 aliphatic carbocycles. The summed E-state index contributed by atoms with van der Waals surface area (Å²) in [5.41, 5.74) is 1.08. The Balaban J connectivity index is 1.81. The Morgan fingerprint density at radius 2 is 1.70 bits per heavy atom. The summed E-state index contributed by atoms with van der Waals surface area (Å²) < 4.78 is 18.5. The molecule has 1 heterocycles. The second-order valence-electron chi connectivity index (χ2n) is 7.33. The molecule has 0 atom stereocenters. The van der Waals surface area contributed by atoms with E-state index in [0.717, 1.165) is 10.4 Å². The summed E-state index contributed by atoms with van der Waals surface area (Å²) in [7, 11) is 1.53. The van der Waals surface area contributed by atoms with E-state index in [1.165, 1.54) is 53.7 Å². The van der Waals surface area contributed by atoms with Crippen LogP contribution in [0.2, 0.25) is 10.0 Å². The molecule has 5 nitrogen and oxygen atoms in total. The van der Waals surface area contributed by atoms with Crippen molar-refractivity contribution in [2.24, 2.45) is 0 Å². The van der Waals surface area contributed by atoms with Gasteiger partial charge in [-0.2, -0.15) is 0 Å². The number of nitrogens with zero attached hydrogens (tertiary/aromatic N) is 2. The van der Waals surface area contributed by atoms with Crippen molar-refractivity contribution in [2.75, 3.05) is 26.8 Å². The number of hydrogen-bond donors (Lipinski definition) is 0. The van der Waals surface area contributed by atoms with E-state index in [2.05, 4.69) is 0 Å². The van der Waals surface area contributed by atoms with Gasteiger partial charge in [0.15, 0.2) is 0 Å². The van der Waals surface area contributed by atoms with E-state index in [-0.39, 0.29) is 43.9 Å². The summed E-state index contributed by atoms with van der Waals surface area (Å²) in [4.78, 5) is 30.6. The van der Waals surface area contributed by atoms with E-state index in [9.17, 15) is 14.0 Å². The maximum absolute atomic E-state index is 13.4. The number of carbonyl (C=O) groups is 2. The van der Waals surface area contributed by atoms with Gasteiger partial charge in [-0.05, 0) is 47.3 Å². The van der Waals surface area contributed by atoms with Crippen molar-refractivity contribution in [1.82, 2.24) is 9.80 Å². The third-order valence-corrected chi connectivity index (χ3v) is 6.15. The zero-order valence-electron chi connectivity index (χ0n) is 18.0. The Hall–Kier alpha value is -2.45. The maximum atomic E-state index is 13.4. The lowest BCUT2D eigenvalue weighted by Crippen LogP contribution is -2.43. The van der Waals surface area contributed by atoms with Gasteiger partial charge in [0.1, 0.15) is 12.4 Å². The Morgan fingerprint density at radius 3 is 2.30 bits per heavy atom. The van der Waals surface area contributed by atoms with Gasteiger partial charge in [-0.15, -0.1) is 11.3 Å². The minimum absolute atomic E-state index is 0.154. The van der Waals surface area contributed by atoms with E-state index in [1.807, 2.05) is 17.5 Å². The predicted octanol–water partition coefficient (Wildman–Crippen LogP) is 5.51. The molecule has 3 rings (SSSR count). The number of rotatable bonds is 10. The molecular weight excluding hydrogens is 486 g/mol. The van der Waals surface area contributed by atoms with E-state index in [4.69, 9.17) is 27.9 Å². The first-order valence-corrected chi connectivity index (χ1v) is 11.8. The van der Waals surface area contributed by atoms with Crippen LogP contribution in [0, 0.1) is 5.82 Å². The number of methoxy groups -OCH3 is 1. The highest BCUT2D eigenvalue weighted by molar-refractivity contribution is 7.09. The average Bonchev–Trinajstić information content (AvgIpc) is 3.29. The summed E-state index contributed by atoms with van der Waals surface area (Å²) in [6, 6.07) is 14.4. The van der Waals surface area contributed by atoms with Crippen molar-refractivity contribution < 1.29 is 18.7 Å². The molecule has 1 aromatic heterocycles. The van der Waals surface area contributed by atoms with Crippen LogP contribution in [0.15, 0.2) is 60.0 Å². The molecule has 0 bridgehead atoms. The largest absolute Gasteiger partial charge is 0.383 e. The van der Waals surface area contributed by atoms with Crippen molar-refractivity contribution in [3.8, 4) is 0 Å². The Kier molecular flexibility index (Phi) is 9.26. The smallest absolute Gasteiger partial charge is 0.254 e. The summed E-state index contributed by atoms with van der Waals surface area (Å²) in [6.07, 6.45) is 0. The number of hydrogen-bond acceptors (Lipinski definition) is 4. The molecule has 3 aromatic rings.